The standard InChI is InChI=1S/C32H41BrN2O4/c1-9-10-22-18-35(29(34-33)24(22)15-20-11-13-21(14-12-20)30(38)39-8)19-27(36)23-16-25(31(2,3)4)28(37)26(17-23)32(5,6)7/h11-17,22,37H,9-10,18-19H2,1-8H3/b24-15+,34-29?. The molecule has 0 saturated carbocycles. The van der Waals surface area contributed by atoms with E-state index in [9.17, 15) is 14.7 Å². The van der Waals surface area contributed by atoms with Crippen LogP contribution in [0.3, 0.4) is 0 Å². The summed E-state index contributed by atoms with van der Waals surface area (Å²) in [5, 5.41) is 11.1. The zero-order valence-corrected chi connectivity index (χ0v) is 26.0. The number of phenols is 1. The molecule has 39 heavy (non-hydrogen) atoms. The van der Waals surface area contributed by atoms with Gasteiger partial charge in [0.2, 0.25) is 0 Å². The van der Waals surface area contributed by atoms with Crippen LogP contribution in [0.1, 0.15) is 98.7 Å². The maximum atomic E-state index is 13.7. The first-order valence-electron chi connectivity index (χ1n) is 13.5. The van der Waals surface area contributed by atoms with Crippen LogP contribution in [-0.2, 0) is 15.6 Å². The van der Waals surface area contributed by atoms with E-state index in [-0.39, 0.29) is 40.8 Å². The van der Waals surface area contributed by atoms with Gasteiger partial charge >= 0.3 is 5.97 Å². The van der Waals surface area contributed by atoms with Crippen molar-refractivity contribution in [3.05, 3.63) is 69.8 Å². The molecule has 3 rings (SSSR count). The number of halogens is 1. The number of ketones is 1. The molecule has 1 saturated heterocycles. The highest BCUT2D eigenvalue weighted by molar-refractivity contribution is 9.08. The van der Waals surface area contributed by atoms with E-state index in [0.29, 0.717) is 17.7 Å². The number of Topliss-reactive ketones (excluding diaryl/α,β-unsaturated/α-hetero) is 1. The quantitative estimate of drug-likeness (QED) is 0.265. The second kappa shape index (κ2) is 12.1. The smallest absolute Gasteiger partial charge is 0.337 e. The van der Waals surface area contributed by atoms with Crippen LogP contribution >= 0.6 is 16.1 Å². The van der Waals surface area contributed by atoms with Crippen molar-refractivity contribution in [2.45, 2.75) is 72.1 Å². The lowest BCUT2D eigenvalue weighted by molar-refractivity contribution is 0.0600. The highest BCUT2D eigenvalue weighted by Crippen LogP contribution is 2.40. The molecule has 0 aromatic heterocycles. The first-order chi connectivity index (χ1) is 18.2. The SMILES string of the molecule is CCCC1CN(CC(=O)c2cc(C(C)(C)C)c(O)c(C(C)(C)C)c2)C(=NBr)/C1=C/c1ccc(C(=O)OC)cc1. The van der Waals surface area contributed by atoms with Crippen LogP contribution in [-0.4, -0.2) is 47.8 Å². The Morgan fingerprint density at radius 2 is 1.62 bits per heavy atom. The number of rotatable bonds is 7. The monoisotopic (exact) mass is 596 g/mol. The lowest BCUT2D eigenvalue weighted by Crippen LogP contribution is -2.32. The van der Waals surface area contributed by atoms with Gasteiger partial charge in [0.15, 0.2) is 5.78 Å². The Balaban J connectivity index is 1.96. The van der Waals surface area contributed by atoms with Crippen molar-refractivity contribution in [2.75, 3.05) is 20.2 Å². The van der Waals surface area contributed by atoms with E-state index in [0.717, 1.165) is 40.9 Å². The number of benzene rings is 2. The van der Waals surface area contributed by atoms with Gasteiger partial charge in [-0.3, -0.25) is 4.79 Å². The zero-order chi connectivity index (χ0) is 29.1. The number of phenolic OH excluding ortho intramolecular Hbond substituents is 1. The first kappa shape index (κ1) is 30.6. The number of methoxy groups -OCH3 is 1. The third kappa shape index (κ3) is 6.99. The Morgan fingerprint density at radius 1 is 1.05 bits per heavy atom. The second-order valence-electron chi connectivity index (χ2n) is 12.3. The van der Waals surface area contributed by atoms with Crippen LogP contribution in [0.25, 0.3) is 6.08 Å². The maximum absolute atomic E-state index is 13.7. The number of esters is 1. The molecule has 1 aliphatic rings. The predicted octanol–water partition coefficient (Wildman–Crippen LogP) is 7.48. The summed E-state index contributed by atoms with van der Waals surface area (Å²) in [7, 11) is 1.37. The maximum Gasteiger partial charge on any atom is 0.337 e. The average Bonchev–Trinajstić information content (AvgIpc) is 3.17. The van der Waals surface area contributed by atoms with Crippen molar-refractivity contribution in [1.29, 1.82) is 0 Å². The number of nitrogens with zero attached hydrogens (tertiary/aromatic N) is 2. The molecule has 0 radical (unpaired) electrons. The van der Waals surface area contributed by atoms with Crippen molar-refractivity contribution >= 4 is 39.8 Å². The number of carbonyl (C=O) groups is 2. The topological polar surface area (TPSA) is 79.2 Å². The Labute approximate surface area is 241 Å². The summed E-state index contributed by atoms with van der Waals surface area (Å²) in [6.45, 7) is 15.3. The second-order valence-corrected chi connectivity index (χ2v) is 12.7. The van der Waals surface area contributed by atoms with Gasteiger partial charge in [0.05, 0.1) is 35.4 Å². The molecule has 1 aliphatic heterocycles. The molecular formula is C32H41BrN2O4. The van der Waals surface area contributed by atoms with Crippen molar-refractivity contribution in [1.82, 2.24) is 4.90 Å². The molecular weight excluding hydrogens is 556 g/mol. The van der Waals surface area contributed by atoms with Gasteiger partial charge in [0.25, 0.3) is 0 Å². The largest absolute Gasteiger partial charge is 0.507 e. The predicted molar refractivity (Wildman–Crippen MR) is 162 cm³/mol. The Hall–Kier alpha value is -2.93. The summed E-state index contributed by atoms with van der Waals surface area (Å²) < 4.78 is 9.24. The van der Waals surface area contributed by atoms with E-state index < -0.39 is 0 Å². The van der Waals surface area contributed by atoms with Gasteiger partial charge in [-0.1, -0.05) is 67.0 Å². The molecule has 1 N–H and O–H groups in total. The molecule has 0 bridgehead atoms. The Morgan fingerprint density at radius 3 is 2.08 bits per heavy atom. The van der Waals surface area contributed by atoms with Crippen LogP contribution in [0, 0.1) is 5.92 Å². The van der Waals surface area contributed by atoms with Gasteiger partial charge in [-0.2, -0.15) is 4.02 Å². The number of aromatic hydroxyl groups is 1. The van der Waals surface area contributed by atoms with E-state index in [1.54, 1.807) is 12.1 Å². The molecule has 1 unspecified atom stereocenters. The molecule has 0 spiro atoms. The summed E-state index contributed by atoms with van der Waals surface area (Å²) in [4.78, 5) is 27.6. The van der Waals surface area contributed by atoms with Gasteiger partial charge in [-0.25, -0.2) is 4.79 Å². The van der Waals surface area contributed by atoms with Gasteiger partial charge in [-0.15, -0.1) is 0 Å². The van der Waals surface area contributed by atoms with Crippen molar-refractivity contribution < 1.29 is 19.4 Å². The molecule has 1 fully saturated rings. The van der Waals surface area contributed by atoms with Gasteiger partial charge in [-0.05, 0) is 53.2 Å². The molecule has 210 valence electrons. The molecule has 1 atom stereocenters. The molecule has 0 amide bonds. The summed E-state index contributed by atoms with van der Waals surface area (Å²) in [6, 6.07) is 11.0. The number of hydrogen-bond acceptors (Lipinski definition) is 5. The minimum Gasteiger partial charge on any atom is -0.507 e. The van der Waals surface area contributed by atoms with E-state index in [4.69, 9.17) is 4.74 Å². The van der Waals surface area contributed by atoms with E-state index in [2.05, 4.69) is 33.2 Å². The third-order valence-electron chi connectivity index (χ3n) is 7.19. The lowest BCUT2D eigenvalue weighted by atomic mass is 9.78. The molecule has 2 aromatic rings. The van der Waals surface area contributed by atoms with Gasteiger partial charge in [0.1, 0.15) is 11.6 Å². The molecule has 7 heteroatoms. The van der Waals surface area contributed by atoms with Crippen molar-refractivity contribution in [3.63, 3.8) is 0 Å². The van der Waals surface area contributed by atoms with Crippen LogP contribution in [0.4, 0.5) is 0 Å². The number of amidine groups is 1. The third-order valence-corrected chi connectivity index (χ3v) is 7.53. The summed E-state index contributed by atoms with van der Waals surface area (Å²) in [5.74, 6) is 0.837. The Bertz CT molecular complexity index is 1250. The molecule has 1 heterocycles. The summed E-state index contributed by atoms with van der Waals surface area (Å²) in [5.41, 5.74) is 4.01. The summed E-state index contributed by atoms with van der Waals surface area (Å²) >= 11 is 3.32. The fourth-order valence-electron chi connectivity index (χ4n) is 5.05. The van der Waals surface area contributed by atoms with Crippen LogP contribution in [0.2, 0.25) is 0 Å². The van der Waals surface area contributed by atoms with E-state index >= 15 is 0 Å². The van der Waals surface area contributed by atoms with Crippen LogP contribution in [0.5, 0.6) is 5.75 Å². The summed E-state index contributed by atoms with van der Waals surface area (Å²) in [6.07, 6.45) is 4.05. The van der Waals surface area contributed by atoms with E-state index in [1.807, 2.05) is 70.7 Å². The van der Waals surface area contributed by atoms with Crippen LogP contribution in [0.15, 0.2) is 46.0 Å². The normalized spacial score (nSPS) is 18.2. The fourth-order valence-corrected chi connectivity index (χ4v) is 5.48. The highest BCUT2D eigenvalue weighted by Gasteiger charge is 2.35. The number of ether oxygens (including phenoxy) is 1. The highest BCUT2D eigenvalue weighted by atomic mass is 79.9. The number of hydrogen-bond donors (Lipinski definition) is 1. The minimum absolute atomic E-state index is 0.0152. The fraction of sp³-hybridized carbons (Fsp3) is 0.469. The molecule has 6 nitrogen and oxygen atoms in total. The Kier molecular flexibility index (Phi) is 9.47. The van der Waals surface area contributed by atoms with Gasteiger partial charge in [0, 0.05) is 34.7 Å². The van der Waals surface area contributed by atoms with Crippen molar-refractivity contribution in [2.24, 2.45) is 9.94 Å². The number of likely N-dealkylation sites (tertiary alicyclic amines) is 1. The average molecular weight is 598 g/mol. The minimum atomic E-state index is -0.371. The molecule has 2 aromatic carbocycles. The van der Waals surface area contributed by atoms with Crippen molar-refractivity contribution in [3.8, 4) is 5.75 Å². The molecule has 0 aliphatic carbocycles. The first-order valence-corrected chi connectivity index (χ1v) is 14.2. The van der Waals surface area contributed by atoms with E-state index in [1.165, 1.54) is 7.11 Å². The number of carbonyl (C=O) groups excluding carboxylic acids is 2. The lowest BCUT2D eigenvalue weighted by Gasteiger charge is -2.28. The zero-order valence-electron chi connectivity index (χ0n) is 24.4. The van der Waals surface area contributed by atoms with Gasteiger partial charge < -0.3 is 14.7 Å². The van der Waals surface area contributed by atoms with Crippen LogP contribution < -0.4 is 0 Å².